The highest BCUT2D eigenvalue weighted by molar-refractivity contribution is 7.99. The third kappa shape index (κ3) is 3.59. The molecular formula is C17H13N3O3S3. The van der Waals surface area contributed by atoms with Gasteiger partial charge in [-0.05, 0) is 23.6 Å². The molecule has 0 unspecified atom stereocenters. The minimum Gasteiger partial charge on any atom is -0.467 e. The first-order valence-electron chi connectivity index (χ1n) is 7.68. The van der Waals surface area contributed by atoms with Crippen LogP contribution < -0.4 is 10.9 Å². The van der Waals surface area contributed by atoms with E-state index in [4.69, 9.17) is 4.42 Å². The predicted octanol–water partition coefficient (Wildman–Crippen LogP) is 3.71. The number of fused-ring (bicyclic) bond motifs is 1. The second-order valence-electron chi connectivity index (χ2n) is 5.32. The predicted molar refractivity (Wildman–Crippen MR) is 105 cm³/mol. The van der Waals surface area contributed by atoms with Gasteiger partial charge in [0.2, 0.25) is 5.91 Å². The number of aromatic nitrogens is 2. The molecule has 0 aliphatic carbocycles. The SMILES string of the molecule is O=C(CSc1nc2scc(-c3cccs3)c2c(=O)[nH]1)NCc1ccco1. The first-order chi connectivity index (χ1) is 12.7. The molecule has 0 aliphatic heterocycles. The molecule has 0 saturated heterocycles. The van der Waals surface area contributed by atoms with Gasteiger partial charge in [-0.25, -0.2) is 4.98 Å². The highest BCUT2D eigenvalue weighted by atomic mass is 32.2. The lowest BCUT2D eigenvalue weighted by Crippen LogP contribution is -2.24. The number of furan rings is 1. The van der Waals surface area contributed by atoms with Crippen LogP contribution in [0.15, 0.2) is 55.7 Å². The summed E-state index contributed by atoms with van der Waals surface area (Å²) in [6.45, 7) is 0.338. The van der Waals surface area contributed by atoms with Crippen LogP contribution in [0.1, 0.15) is 5.76 Å². The molecule has 2 N–H and O–H groups in total. The van der Waals surface area contributed by atoms with Gasteiger partial charge in [-0.1, -0.05) is 17.8 Å². The third-order valence-corrected chi connectivity index (χ3v) is 6.24. The zero-order valence-electron chi connectivity index (χ0n) is 13.4. The van der Waals surface area contributed by atoms with E-state index in [2.05, 4.69) is 15.3 Å². The van der Waals surface area contributed by atoms with E-state index in [-0.39, 0.29) is 17.2 Å². The van der Waals surface area contributed by atoms with Gasteiger partial charge < -0.3 is 14.7 Å². The molecule has 1 amide bonds. The van der Waals surface area contributed by atoms with Crippen LogP contribution in [0, 0.1) is 0 Å². The van der Waals surface area contributed by atoms with Crippen LogP contribution in [0.5, 0.6) is 0 Å². The number of carbonyl (C=O) groups is 1. The van der Waals surface area contributed by atoms with Gasteiger partial charge >= 0.3 is 0 Å². The van der Waals surface area contributed by atoms with Gasteiger partial charge in [-0.15, -0.1) is 22.7 Å². The molecule has 9 heteroatoms. The van der Waals surface area contributed by atoms with Crippen molar-refractivity contribution in [3.05, 3.63) is 57.4 Å². The molecule has 6 nitrogen and oxygen atoms in total. The maximum absolute atomic E-state index is 12.5. The van der Waals surface area contributed by atoms with E-state index in [0.29, 0.717) is 27.7 Å². The number of thiophene rings is 2. The molecule has 4 aromatic heterocycles. The molecule has 0 saturated carbocycles. The summed E-state index contributed by atoms with van der Waals surface area (Å²) in [5, 5.41) is 7.73. The molecule has 0 spiro atoms. The van der Waals surface area contributed by atoms with Gasteiger partial charge in [0.05, 0.1) is 23.9 Å². The van der Waals surface area contributed by atoms with E-state index in [0.717, 1.165) is 10.4 Å². The molecule has 4 aromatic rings. The Morgan fingerprint density at radius 3 is 3.00 bits per heavy atom. The average molecular weight is 404 g/mol. The smallest absolute Gasteiger partial charge is 0.260 e. The first kappa shape index (κ1) is 17.1. The molecule has 132 valence electrons. The average Bonchev–Trinajstić information content (AvgIpc) is 3.38. The maximum Gasteiger partial charge on any atom is 0.260 e. The fraction of sp³-hybridized carbons (Fsp3) is 0.118. The van der Waals surface area contributed by atoms with E-state index in [9.17, 15) is 9.59 Å². The lowest BCUT2D eigenvalue weighted by atomic mass is 10.2. The Hall–Kier alpha value is -2.36. The van der Waals surface area contributed by atoms with Crippen molar-refractivity contribution in [2.24, 2.45) is 0 Å². The van der Waals surface area contributed by atoms with Crippen LogP contribution in [-0.2, 0) is 11.3 Å². The van der Waals surface area contributed by atoms with E-state index >= 15 is 0 Å². The highest BCUT2D eigenvalue weighted by Crippen LogP contribution is 2.33. The molecular weight excluding hydrogens is 390 g/mol. The topological polar surface area (TPSA) is 88.0 Å². The molecule has 4 heterocycles. The molecule has 26 heavy (non-hydrogen) atoms. The lowest BCUT2D eigenvalue weighted by Gasteiger charge is -2.03. The summed E-state index contributed by atoms with van der Waals surface area (Å²) in [4.78, 5) is 33.4. The minimum atomic E-state index is -0.182. The minimum absolute atomic E-state index is 0.153. The van der Waals surface area contributed by atoms with Crippen LogP contribution in [0.4, 0.5) is 0 Å². The largest absolute Gasteiger partial charge is 0.467 e. The zero-order chi connectivity index (χ0) is 17.9. The number of hydrogen-bond donors (Lipinski definition) is 2. The quantitative estimate of drug-likeness (QED) is 0.378. The van der Waals surface area contributed by atoms with E-state index < -0.39 is 0 Å². The molecule has 0 aromatic carbocycles. The number of nitrogens with one attached hydrogen (secondary N) is 2. The first-order valence-corrected chi connectivity index (χ1v) is 10.4. The molecule has 0 aliphatic rings. The van der Waals surface area contributed by atoms with Crippen molar-refractivity contribution < 1.29 is 9.21 Å². The molecule has 0 bridgehead atoms. The van der Waals surface area contributed by atoms with Crippen LogP contribution in [-0.4, -0.2) is 21.6 Å². The molecule has 0 fully saturated rings. The Bertz CT molecular complexity index is 1080. The van der Waals surface area contributed by atoms with Crippen molar-refractivity contribution in [2.75, 3.05) is 5.75 Å². The van der Waals surface area contributed by atoms with E-state index in [1.807, 2.05) is 22.9 Å². The van der Waals surface area contributed by atoms with Gasteiger partial charge in [0, 0.05) is 15.8 Å². The Kier molecular flexibility index (Phi) is 4.91. The summed E-state index contributed by atoms with van der Waals surface area (Å²) in [6, 6.07) is 7.50. The summed E-state index contributed by atoms with van der Waals surface area (Å²) in [5.74, 6) is 0.703. The molecule has 0 atom stereocenters. The number of H-pyrrole nitrogens is 1. The van der Waals surface area contributed by atoms with Crippen LogP contribution >= 0.6 is 34.4 Å². The lowest BCUT2D eigenvalue weighted by molar-refractivity contribution is -0.118. The van der Waals surface area contributed by atoms with Crippen LogP contribution in [0.3, 0.4) is 0 Å². The van der Waals surface area contributed by atoms with Gasteiger partial charge in [0.25, 0.3) is 5.56 Å². The summed E-state index contributed by atoms with van der Waals surface area (Å²) in [7, 11) is 0. The Morgan fingerprint density at radius 1 is 1.31 bits per heavy atom. The summed E-state index contributed by atoms with van der Waals surface area (Å²) < 4.78 is 5.16. The fourth-order valence-electron chi connectivity index (χ4n) is 2.39. The van der Waals surface area contributed by atoms with Crippen molar-refractivity contribution in [1.82, 2.24) is 15.3 Å². The number of nitrogens with zero attached hydrogens (tertiary/aromatic N) is 1. The van der Waals surface area contributed by atoms with Crippen molar-refractivity contribution in [1.29, 1.82) is 0 Å². The third-order valence-electron chi connectivity index (χ3n) is 3.59. The maximum atomic E-state index is 12.5. The monoisotopic (exact) mass is 403 g/mol. The standard InChI is InChI=1S/C17H13N3O3S3/c21-13(18-7-10-3-1-5-23-10)9-26-17-19-15(22)14-11(8-25-16(14)20-17)12-4-2-6-24-12/h1-6,8H,7,9H2,(H,18,21)(H,19,20,22). The normalized spacial score (nSPS) is 11.1. The van der Waals surface area contributed by atoms with Crippen LogP contribution in [0.25, 0.3) is 20.7 Å². The molecule has 0 radical (unpaired) electrons. The van der Waals surface area contributed by atoms with Crippen molar-refractivity contribution >= 4 is 50.6 Å². The van der Waals surface area contributed by atoms with Gasteiger partial charge in [0.1, 0.15) is 10.6 Å². The van der Waals surface area contributed by atoms with Gasteiger partial charge in [-0.3, -0.25) is 9.59 Å². The summed E-state index contributed by atoms with van der Waals surface area (Å²) >= 11 is 4.22. The zero-order valence-corrected chi connectivity index (χ0v) is 15.8. The highest BCUT2D eigenvalue weighted by Gasteiger charge is 2.14. The number of thioether (sulfide) groups is 1. The summed E-state index contributed by atoms with van der Waals surface area (Å²) in [5.41, 5.74) is 0.722. The van der Waals surface area contributed by atoms with Crippen LogP contribution in [0.2, 0.25) is 0 Å². The Morgan fingerprint density at radius 2 is 2.23 bits per heavy atom. The fourth-order valence-corrected chi connectivity index (χ4v) is 4.91. The van der Waals surface area contributed by atoms with Gasteiger partial charge in [-0.2, -0.15) is 0 Å². The van der Waals surface area contributed by atoms with Crippen molar-refractivity contribution in [3.8, 4) is 10.4 Å². The molecule has 4 rings (SSSR count). The van der Waals surface area contributed by atoms with Crippen molar-refractivity contribution in [3.63, 3.8) is 0 Å². The second kappa shape index (κ2) is 7.48. The van der Waals surface area contributed by atoms with Gasteiger partial charge in [0.15, 0.2) is 5.16 Å². The Balaban J connectivity index is 1.46. The Labute approximate surface area is 160 Å². The number of aromatic amines is 1. The van der Waals surface area contributed by atoms with E-state index in [1.165, 1.54) is 23.1 Å². The number of carbonyl (C=O) groups excluding carboxylic acids is 1. The summed E-state index contributed by atoms with van der Waals surface area (Å²) in [6.07, 6.45) is 1.56. The number of rotatable bonds is 6. The van der Waals surface area contributed by atoms with Crippen molar-refractivity contribution in [2.45, 2.75) is 11.7 Å². The number of amides is 1. The van der Waals surface area contributed by atoms with E-state index in [1.54, 1.807) is 29.7 Å². The number of hydrogen-bond acceptors (Lipinski definition) is 7. The second-order valence-corrected chi connectivity index (χ2v) is 8.09.